The molecular formula is C14H14N4O. The molecule has 0 atom stereocenters. The first kappa shape index (κ1) is 11.7. The molecule has 0 unspecified atom stereocenters. The van der Waals surface area contributed by atoms with Crippen molar-refractivity contribution in [2.75, 3.05) is 7.11 Å². The Morgan fingerprint density at radius 1 is 1.26 bits per heavy atom. The summed E-state index contributed by atoms with van der Waals surface area (Å²) in [7, 11) is 1.65. The number of aromatic nitrogens is 3. The Hall–Kier alpha value is -2.40. The first-order chi connectivity index (χ1) is 9.33. The average Bonchev–Trinajstić information content (AvgIpc) is 2.85. The van der Waals surface area contributed by atoms with E-state index in [2.05, 4.69) is 9.97 Å². The number of nitrogens with zero attached hydrogens (tertiary/aromatic N) is 3. The molecule has 5 heteroatoms. The molecule has 5 nitrogen and oxygen atoms in total. The quantitative estimate of drug-likeness (QED) is 0.775. The van der Waals surface area contributed by atoms with E-state index in [1.807, 2.05) is 41.0 Å². The van der Waals surface area contributed by atoms with Crippen LogP contribution in [-0.4, -0.2) is 21.6 Å². The van der Waals surface area contributed by atoms with E-state index in [9.17, 15) is 0 Å². The molecule has 0 saturated carbocycles. The normalized spacial score (nSPS) is 10.8. The summed E-state index contributed by atoms with van der Waals surface area (Å²) < 4.78 is 7.21. The summed E-state index contributed by atoms with van der Waals surface area (Å²) in [4.78, 5) is 8.88. The number of hydrogen-bond acceptors (Lipinski definition) is 4. The van der Waals surface area contributed by atoms with Crippen LogP contribution in [0.25, 0.3) is 16.9 Å². The molecule has 3 rings (SSSR count). The Balaban J connectivity index is 2.27. The van der Waals surface area contributed by atoms with Gasteiger partial charge in [-0.3, -0.25) is 4.57 Å². The van der Waals surface area contributed by atoms with Gasteiger partial charge in [-0.05, 0) is 24.3 Å². The summed E-state index contributed by atoms with van der Waals surface area (Å²) in [6.45, 7) is 0.355. The summed E-state index contributed by atoms with van der Waals surface area (Å²) in [5.41, 5.74) is 8.37. The van der Waals surface area contributed by atoms with E-state index >= 15 is 0 Å². The average molecular weight is 254 g/mol. The van der Waals surface area contributed by atoms with E-state index in [4.69, 9.17) is 10.5 Å². The summed E-state index contributed by atoms with van der Waals surface area (Å²) in [5.74, 6) is 1.57. The molecule has 0 saturated heterocycles. The van der Waals surface area contributed by atoms with E-state index in [1.54, 1.807) is 13.3 Å². The van der Waals surface area contributed by atoms with Crippen LogP contribution in [0.4, 0.5) is 0 Å². The maximum Gasteiger partial charge on any atom is 0.164 e. The standard InChI is InChI=1S/C14H14N4O/c1-19-11-5-2-4-10(8-11)18-13(9-15)17-12-6-3-7-16-14(12)18/h2-8H,9,15H2,1H3. The summed E-state index contributed by atoms with van der Waals surface area (Å²) in [6, 6.07) is 11.6. The van der Waals surface area contributed by atoms with Gasteiger partial charge in [0.2, 0.25) is 0 Å². The van der Waals surface area contributed by atoms with Crippen molar-refractivity contribution in [2.45, 2.75) is 6.54 Å². The van der Waals surface area contributed by atoms with Gasteiger partial charge in [0, 0.05) is 12.3 Å². The molecule has 0 aliphatic rings. The third kappa shape index (κ3) is 1.94. The van der Waals surface area contributed by atoms with Crippen LogP contribution < -0.4 is 10.5 Å². The predicted octanol–water partition coefficient (Wildman–Crippen LogP) is 1.89. The number of pyridine rings is 1. The van der Waals surface area contributed by atoms with Crippen molar-refractivity contribution in [1.29, 1.82) is 0 Å². The molecule has 96 valence electrons. The lowest BCUT2D eigenvalue weighted by Crippen LogP contribution is -2.07. The van der Waals surface area contributed by atoms with E-state index in [0.717, 1.165) is 28.4 Å². The second kappa shape index (κ2) is 4.70. The Kier molecular flexibility index (Phi) is 2.89. The highest BCUT2D eigenvalue weighted by Crippen LogP contribution is 2.22. The zero-order valence-electron chi connectivity index (χ0n) is 10.6. The van der Waals surface area contributed by atoms with Gasteiger partial charge in [0.15, 0.2) is 5.65 Å². The van der Waals surface area contributed by atoms with Gasteiger partial charge in [0.25, 0.3) is 0 Å². The Labute approximate surface area is 110 Å². The number of benzene rings is 1. The number of rotatable bonds is 3. The van der Waals surface area contributed by atoms with Crippen molar-refractivity contribution in [2.24, 2.45) is 5.73 Å². The molecule has 0 spiro atoms. The van der Waals surface area contributed by atoms with Crippen molar-refractivity contribution in [3.63, 3.8) is 0 Å². The van der Waals surface area contributed by atoms with Crippen LogP contribution in [0.5, 0.6) is 5.75 Å². The zero-order valence-corrected chi connectivity index (χ0v) is 10.6. The molecular weight excluding hydrogens is 240 g/mol. The minimum Gasteiger partial charge on any atom is -0.497 e. The summed E-state index contributed by atoms with van der Waals surface area (Å²) in [5, 5.41) is 0. The van der Waals surface area contributed by atoms with Gasteiger partial charge in [0.1, 0.15) is 17.1 Å². The van der Waals surface area contributed by atoms with E-state index in [0.29, 0.717) is 6.54 Å². The largest absolute Gasteiger partial charge is 0.497 e. The second-order valence-electron chi connectivity index (χ2n) is 4.12. The highest BCUT2D eigenvalue weighted by molar-refractivity contribution is 5.73. The first-order valence-corrected chi connectivity index (χ1v) is 6.00. The number of ether oxygens (including phenoxy) is 1. The fourth-order valence-electron chi connectivity index (χ4n) is 2.12. The SMILES string of the molecule is COc1cccc(-n2c(CN)nc3cccnc32)c1. The smallest absolute Gasteiger partial charge is 0.164 e. The lowest BCUT2D eigenvalue weighted by Gasteiger charge is -2.08. The minimum atomic E-state index is 0.355. The van der Waals surface area contributed by atoms with Crippen molar-refractivity contribution in [3.05, 3.63) is 48.4 Å². The van der Waals surface area contributed by atoms with Gasteiger partial charge >= 0.3 is 0 Å². The third-order valence-corrected chi connectivity index (χ3v) is 2.98. The number of nitrogens with two attached hydrogens (primary N) is 1. The fraction of sp³-hybridized carbons (Fsp3) is 0.143. The van der Waals surface area contributed by atoms with Crippen LogP contribution in [0.15, 0.2) is 42.6 Å². The Morgan fingerprint density at radius 3 is 2.95 bits per heavy atom. The second-order valence-corrected chi connectivity index (χ2v) is 4.12. The van der Waals surface area contributed by atoms with Crippen LogP contribution in [0.1, 0.15) is 5.82 Å². The van der Waals surface area contributed by atoms with Crippen LogP contribution in [0.3, 0.4) is 0 Å². The Bertz CT molecular complexity index is 720. The highest BCUT2D eigenvalue weighted by Gasteiger charge is 2.12. The molecule has 2 aromatic heterocycles. The maximum atomic E-state index is 5.78. The lowest BCUT2D eigenvalue weighted by atomic mass is 10.3. The lowest BCUT2D eigenvalue weighted by molar-refractivity contribution is 0.414. The first-order valence-electron chi connectivity index (χ1n) is 6.00. The molecule has 1 aromatic carbocycles. The Morgan fingerprint density at radius 2 is 2.16 bits per heavy atom. The minimum absolute atomic E-state index is 0.355. The van der Waals surface area contributed by atoms with Crippen LogP contribution in [0.2, 0.25) is 0 Å². The van der Waals surface area contributed by atoms with Crippen LogP contribution in [0, 0.1) is 0 Å². The van der Waals surface area contributed by atoms with Crippen molar-refractivity contribution < 1.29 is 4.74 Å². The molecule has 0 amide bonds. The molecule has 0 radical (unpaired) electrons. The molecule has 3 aromatic rings. The molecule has 2 N–H and O–H groups in total. The van der Waals surface area contributed by atoms with Gasteiger partial charge in [-0.25, -0.2) is 9.97 Å². The van der Waals surface area contributed by atoms with E-state index in [-0.39, 0.29) is 0 Å². The summed E-state index contributed by atoms with van der Waals surface area (Å²) in [6.07, 6.45) is 1.75. The topological polar surface area (TPSA) is 66.0 Å². The number of fused-ring (bicyclic) bond motifs is 1. The third-order valence-electron chi connectivity index (χ3n) is 2.98. The molecule has 0 bridgehead atoms. The maximum absolute atomic E-state index is 5.78. The van der Waals surface area contributed by atoms with Gasteiger partial charge in [-0.2, -0.15) is 0 Å². The number of methoxy groups -OCH3 is 1. The van der Waals surface area contributed by atoms with E-state index < -0.39 is 0 Å². The monoisotopic (exact) mass is 254 g/mol. The van der Waals surface area contributed by atoms with E-state index in [1.165, 1.54) is 0 Å². The van der Waals surface area contributed by atoms with Crippen molar-refractivity contribution in [1.82, 2.24) is 14.5 Å². The van der Waals surface area contributed by atoms with Crippen LogP contribution >= 0.6 is 0 Å². The van der Waals surface area contributed by atoms with Gasteiger partial charge in [0.05, 0.1) is 19.3 Å². The van der Waals surface area contributed by atoms with Gasteiger partial charge < -0.3 is 10.5 Å². The van der Waals surface area contributed by atoms with Gasteiger partial charge in [-0.1, -0.05) is 6.07 Å². The zero-order chi connectivity index (χ0) is 13.2. The van der Waals surface area contributed by atoms with Gasteiger partial charge in [-0.15, -0.1) is 0 Å². The molecule has 0 fully saturated rings. The predicted molar refractivity (Wildman–Crippen MR) is 73.3 cm³/mol. The molecule has 0 aliphatic heterocycles. The molecule has 2 heterocycles. The fourth-order valence-corrected chi connectivity index (χ4v) is 2.12. The number of hydrogen-bond donors (Lipinski definition) is 1. The van der Waals surface area contributed by atoms with Crippen molar-refractivity contribution in [3.8, 4) is 11.4 Å². The number of imidazole rings is 1. The van der Waals surface area contributed by atoms with Crippen LogP contribution in [-0.2, 0) is 6.54 Å². The highest BCUT2D eigenvalue weighted by atomic mass is 16.5. The molecule has 0 aliphatic carbocycles. The summed E-state index contributed by atoms with van der Waals surface area (Å²) >= 11 is 0. The van der Waals surface area contributed by atoms with Crippen molar-refractivity contribution >= 4 is 11.2 Å². The molecule has 19 heavy (non-hydrogen) atoms.